The third-order valence-electron chi connectivity index (χ3n) is 5.47. The molecule has 8 heteroatoms. The van der Waals surface area contributed by atoms with Gasteiger partial charge in [-0.15, -0.1) is 0 Å². The number of benzene rings is 2. The predicted molar refractivity (Wildman–Crippen MR) is 141 cm³/mol. The van der Waals surface area contributed by atoms with E-state index in [1.165, 1.54) is 6.08 Å². The molecule has 1 amide bonds. The number of anilines is 3. The lowest BCUT2D eigenvalue weighted by atomic mass is 9.93. The average Bonchev–Trinajstić information content (AvgIpc) is 2.83. The summed E-state index contributed by atoms with van der Waals surface area (Å²) in [5, 5.41) is 9.79. The molecular formula is C26H24ClN5O2. The van der Waals surface area contributed by atoms with Crippen molar-refractivity contribution in [3.05, 3.63) is 94.4 Å². The van der Waals surface area contributed by atoms with Crippen LogP contribution >= 0.6 is 11.6 Å². The van der Waals surface area contributed by atoms with Crippen molar-refractivity contribution >= 4 is 40.8 Å². The Labute approximate surface area is 202 Å². The van der Waals surface area contributed by atoms with Gasteiger partial charge in [0, 0.05) is 42.5 Å². The Morgan fingerprint density at radius 1 is 1.21 bits per heavy atom. The standard InChI is InChI=1S/C26H24ClN5O2/c1-4-24(33)31-23-15-18(7-9-21(23)27)32-25(34)11-8-19-16(2)30-22-10-6-17(14-20(22)26(19)32)29-13-5-12-28-3/h4-16,29-30H,1H2,2-3H3,(H,31,33)/b13-5-,28-12?. The lowest BCUT2D eigenvalue weighted by molar-refractivity contribution is -0.111. The average molecular weight is 474 g/mol. The minimum absolute atomic E-state index is 0.0129. The van der Waals surface area contributed by atoms with Gasteiger partial charge in [-0.25, -0.2) is 0 Å². The van der Waals surface area contributed by atoms with Crippen LogP contribution < -0.4 is 21.5 Å². The van der Waals surface area contributed by atoms with Crippen molar-refractivity contribution in [1.29, 1.82) is 0 Å². The molecule has 1 aromatic heterocycles. The highest BCUT2D eigenvalue weighted by molar-refractivity contribution is 6.33. The van der Waals surface area contributed by atoms with E-state index in [0.717, 1.165) is 28.2 Å². The lowest BCUT2D eigenvalue weighted by Crippen LogP contribution is -2.25. The topological polar surface area (TPSA) is 87.5 Å². The van der Waals surface area contributed by atoms with E-state index in [1.54, 1.807) is 54.4 Å². The van der Waals surface area contributed by atoms with Crippen LogP contribution in [0.25, 0.3) is 16.9 Å². The molecule has 34 heavy (non-hydrogen) atoms. The lowest BCUT2D eigenvalue weighted by Gasteiger charge is -2.30. The Kier molecular flexibility index (Phi) is 6.65. The molecule has 0 aliphatic carbocycles. The van der Waals surface area contributed by atoms with Crippen LogP contribution in [0.4, 0.5) is 17.1 Å². The Morgan fingerprint density at radius 2 is 2.03 bits per heavy atom. The van der Waals surface area contributed by atoms with Crippen LogP contribution in [0.15, 0.2) is 83.2 Å². The Bertz CT molecular complexity index is 1390. The number of nitrogens with zero attached hydrogens (tertiary/aromatic N) is 2. The number of carbonyl (C=O) groups excluding carboxylic acids is 1. The number of aromatic nitrogens is 1. The van der Waals surface area contributed by atoms with Crippen LogP contribution in [-0.4, -0.2) is 23.7 Å². The molecule has 0 saturated carbocycles. The number of carbonyl (C=O) groups is 1. The first-order chi connectivity index (χ1) is 16.4. The zero-order valence-corrected chi connectivity index (χ0v) is 19.6. The smallest absolute Gasteiger partial charge is 0.255 e. The van der Waals surface area contributed by atoms with E-state index in [0.29, 0.717) is 16.4 Å². The molecule has 0 fully saturated rings. The highest BCUT2D eigenvalue weighted by Crippen LogP contribution is 2.42. The molecule has 1 atom stereocenters. The van der Waals surface area contributed by atoms with Gasteiger partial charge < -0.3 is 16.0 Å². The highest BCUT2D eigenvalue weighted by Gasteiger charge is 2.25. The van der Waals surface area contributed by atoms with Crippen molar-refractivity contribution in [1.82, 2.24) is 4.57 Å². The fourth-order valence-electron chi connectivity index (χ4n) is 3.91. The van der Waals surface area contributed by atoms with Gasteiger partial charge in [-0.2, -0.15) is 0 Å². The van der Waals surface area contributed by atoms with E-state index in [9.17, 15) is 9.59 Å². The number of amides is 1. The quantitative estimate of drug-likeness (QED) is 0.330. The summed E-state index contributed by atoms with van der Waals surface area (Å²) < 4.78 is 1.65. The third-order valence-corrected chi connectivity index (χ3v) is 5.80. The van der Waals surface area contributed by atoms with Crippen molar-refractivity contribution in [2.75, 3.05) is 23.0 Å². The summed E-state index contributed by atoms with van der Waals surface area (Å²) in [6.45, 7) is 5.53. The van der Waals surface area contributed by atoms with Gasteiger partial charge in [-0.05, 0) is 67.1 Å². The van der Waals surface area contributed by atoms with E-state index < -0.39 is 0 Å². The SMILES string of the molecule is C=CC(=O)Nc1cc(-n2c3c(ccc2=O)C(C)Nc2ccc(N/C=C\C=NC)cc2-3)ccc1Cl. The molecule has 1 unspecified atom stereocenters. The second kappa shape index (κ2) is 9.80. The number of hydrogen-bond donors (Lipinski definition) is 3. The first-order valence-electron chi connectivity index (χ1n) is 10.7. The van der Waals surface area contributed by atoms with E-state index in [4.69, 9.17) is 11.6 Å². The maximum Gasteiger partial charge on any atom is 0.255 e. The van der Waals surface area contributed by atoms with Gasteiger partial charge in [-0.1, -0.05) is 18.2 Å². The zero-order chi connectivity index (χ0) is 24.2. The molecule has 7 nitrogen and oxygen atoms in total. The molecule has 172 valence electrons. The number of pyridine rings is 1. The summed E-state index contributed by atoms with van der Waals surface area (Å²) in [5.74, 6) is -0.387. The Morgan fingerprint density at radius 3 is 2.79 bits per heavy atom. The summed E-state index contributed by atoms with van der Waals surface area (Å²) in [6, 6.07) is 14.4. The largest absolute Gasteiger partial charge is 0.378 e. The number of aliphatic imine (C=N–C) groups is 1. The van der Waals surface area contributed by atoms with Crippen molar-refractivity contribution in [2.45, 2.75) is 13.0 Å². The zero-order valence-electron chi connectivity index (χ0n) is 18.8. The van der Waals surface area contributed by atoms with Crippen LogP contribution in [0, 0.1) is 0 Å². The molecular weight excluding hydrogens is 450 g/mol. The van der Waals surface area contributed by atoms with Crippen LogP contribution in [0.3, 0.4) is 0 Å². The van der Waals surface area contributed by atoms with Crippen molar-refractivity contribution in [2.24, 2.45) is 4.99 Å². The summed E-state index contributed by atoms with van der Waals surface area (Å²) in [7, 11) is 1.71. The second-order valence-electron chi connectivity index (χ2n) is 7.71. The van der Waals surface area contributed by atoms with Gasteiger partial charge in [0.15, 0.2) is 0 Å². The Hall–Kier alpha value is -4.10. The molecule has 0 radical (unpaired) electrons. The second-order valence-corrected chi connectivity index (χ2v) is 8.11. The van der Waals surface area contributed by atoms with E-state index in [2.05, 4.69) is 27.5 Å². The number of hydrogen-bond acceptors (Lipinski definition) is 5. The predicted octanol–water partition coefficient (Wildman–Crippen LogP) is 5.40. The van der Waals surface area contributed by atoms with Gasteiger partial charge in [0.2, 0.25) is 5.91 Å². The molecule has 0 spiro atoms. The van der Waals surface area contributed by atoms with E-state index in [-0.39, 0.29) is 17.5 Å². The molecule has 2 heterocycles. The van der Waals surface area contributed by atoms with Gasteiger partial charge in [-0.3, -0.25) is 19.1 Å². The molecule has 3 N–H and O–H groups in total. The van der Waals surface area contributed by atoms with E-state index in [1.807, 2.05) is 31.2 Å². The van der Waals surface area contributed by atoms with Gasteiger partial charge in [0.1, 0.15) is 0 Å². The van der Waals surface area contributed by atoms with Crippen molar-refractivity contribution in [3.63, 3.8) is 0 Å². The van der Waals surface area contributed by atoms with Crippen molar-refractivity contribution in [3.8, 4) is 16.9 Å². The van der Waals surface area contributed by atoms with Crippen LogP contribution in [-0.2, 0) is 4.79 Å². The van der Waals surface area contributed by atoms with Crippen LogP contribution in [0.5, 0.6) is 0 Å². The maximum absolute atomic E-state index is 13.2. The minimum atomic E-state index is -0.387. The molecule has 0 saturated heterocycles. The molecule has 1 aliphatic heterocycles. The first kappa shape index (κ1) is 23.1. The fraction of sp³-hybridized carbons (Fsp3) is 0.115. The number of nitrogens with one attached hydrogen (secondary N) is 3. The van der Waals surface area contributed by atoms with Gasteiger partial charge in [0.25, 0.3) is 5.56 Å². The number of halogens is 1. The molecule has 4 rings (SSSR count). The number of allylic oxidation sites excluding steroid dienone is 1. The van der Waals surface area contributed by atoms with E-state index >= 15 is 0 Å². The van der Waals surface area contributed by atoms with Crippen molar-refractivity contribution < 1.29 is 4.79 Å². The fourth-order valence-corrected chi connectivity index (χ4v) is 4.07. The first-order valence-corrected chi connectivity index (χ1v) is 11.0. The van der Waals surface area contributed by atoms with Crippen LogP contribution in [0.1, 0.15) is 18.5 Å². The molecule has 3 aromatic rings. The van der Waals surface area contributed by atoms with Crippen LogP contribution in [0.2, 0.25) is 5.02 Å². The molecule has 2 aromatic carbocycles. The molecule has 1 aliphatic rings. The summed E-state index contributed by atoms with van der Waals surface area (Å²) in [6.07, 6.45) is 6.44. The molecule has 0 bridgehead atoms. The Balaban J connectivity index is 1.89. The summed E-state index contributed by atoms with van der Waals surface area (Å²) in [5.41, 5.74) is 5.19. The minimum Gasteiger partial charge on any atom is -0.378 e. The van der Waals surface area contributed by atoms with Gasteiger partial charge >= 0.3 is 0 Å². The summed E-state index contributed by atoms with van der Waals surface area (Å²) >= 11 is 6.29. The van der Waals surface area contributed by atoms with Gasteiger partial charge in [0.05, 0.1) is 28.1 Å². The third kappa shape index (κ3) is 4.51. The monoisotopic (exact) mass is 473 g/mol. The normalized spacial score (nSPS) is 14.4. The number of fused-ring (bicyclic) bond motifs is 3. The highest BCUT2D eigenvalue weighted by atomic mass is 35.5. The summed E-state index contributed by atoms with van der Waals surface area (Å²) in [4.78, 5) is 29.0. The number of rotatable bonds is 6. The maximum atomic E-state index is 13.2.